The molecule has 1 aromatic carbocycles. The maximum absolute atomic E-state index is 12.5. The van der Waals surface area contributed by atoms with Crippen LogP contribution in [0.4, 0.5) is 0 Å². The molecule has 0 atom stereocenters. The fourth-order valence-electron chi connectivity index (χ4n) is 4.16. The molecule has 5 rings (SSSR count). The summed E-state index contributed by atoms with van der Waals surface area (Å²) in [5, 5.41) is 3.68. The average Bonchev–Trinajstić information content (AvgIpc) is 3.49. The third kappa shape index (κ3) is 3.15. The predicted molar refractivity (Wildman–Crippen MR) is 128 cm³/mol. The molecule has 0 saturated heterocycles. The Labute approximate surface area is 189 Å². The standard InChI is InChI=1S/C24H23N5O2S/c1-5-17-21(24(30)25-2)15-7-6-14(12-18(15)29(17)4)31-19-8-9-26-16-13-20(32-22(16)19)23-27-10-11-28(23)3/h6-13H,5H2,1-4H3,(H,25,30). The Hall–Kier alpha value is -3.65. The van der Waals surface area contributed by atoms with Crippen LogP contribution in [-0.4, -0.2) is 32.1 Å². The van der Waals surface area contributed by atoms with Crippen LogP contribution in [-0.2, 0) is 20.5 Å². The van der Waals surface area contributed by atoms with Crippen molar-refractivity contribution in [1.29, 1.82) is 0 Å². The number of pyridine rings is 1. The fourth-order valence-corrected chi connectivity index (χ4v) is 5.27. The van der Waals surface area contributed by atoms with Crippen molar-refractivity contribution in [3.63, 3.8) is 0 Å². The van der Waals surface area contributed by atoms with E-state index >= 15 is 0 Å². The van der Waals surface area contributed by atoms with Gasteiger partial charge in [0.25, 0.3) is 5.91 Å². The van der Waals surface area contributed by atoms with E-state index in [1.165, 1.54) is 0 Å². The smallest absolute Gasteiger partial charge is 0.253 e. The maximum Gasteiger partial charge on any atom is 0.253 e. The van der Waals surface area contributed by atoms with Gasteiger partial charge in [0.1, 0.15) is 17.3 Å². The lowest BCUT2D eigenvalue weighted by Gasteiger charge is -2.07. The Morgan fingerprint density at radius 1 is 1.16 bits per heavy atom. The second-order valence-electron chi connectivity index (χ2n) is 7.59. The highest BCUT2D eigenvalue weighted by Gasteiger charge is 2.20. The van der Waals surface area contributed by atoms with Crippen LogP contribution < -0.4 is 10.1 Å². The zero-order valence-electron chi connectivity index (χ0n) is 18.3. The molecule has 0 aliphatic carbocycles. The molecule has 5 aromatic rings. The van der Waals surface area contributed by atoms with Crippen molar-refractivity contribution < 1.29 is 9.53 Å². The largest absolute Gasteiger partial charge is 0.456 e. The molecule has 0 radical (unpaired) electrons. The molecule has 0 bridgehead atoms. The molecule has 8 heteroatoms. The van der Waals surface area contributed by atoms with E-state index < -0.39 is 0 Å². The van der Waals surface area contributed by atoms with Crippen molar-refractivity contribution in [2.24, 2.45) is 14.1 Å². The van der Waals surface area contributed by atoms with Crippen LogP contribution in [0, 0.1) is 0 Å². The van der Waals surface area contributed by atoms with Crippen molar-refractivity contribution in [1.82, 2.24) is 24.4 Å². The third-order valence-electron chi connectivity index (χ3n) is 5.73. The summed E-state index contributed by atoms with van der Waals surface area (Å²) in [6.45, 7) is 2.06. The zero-order chi connectivity index (χ0) is 22.4. The molecule has 162 valence electrons. The molecule has 1 N–H and O–H groups in total. The molecular formula is C24H23N5O2S. The monoisotopic (exact) mass is 445 g/mol. The van der Waals surface area contributed by atoms with Gasteiger partial charge in [-0.05, 0) is 24.6 Å². The number of imidazole rings is 1. The van der Waals surface area contributed by atoms with E-state index in [2.05, 4.69) is 26.8 Å². The number of carbonyl (C=O) groups excluding carboxylic acids is 1. The summed E-state index contributed by atoms with van der Waals surface area (Å²) in [4.78, 5) is 22.5. The number of aromatic nitrogens is 4. The molecular weight excluding hydrogens is 422 g/mol. The van der Waals surface area contributed by atoms with E-state index in [0.29, 0.717) is 5.75 Å². The van der Waals surface area contributed by atoms with Crippen molar-refractivity contribution in [2.45, 2.75) is 13.3 Å². The van der Waals surface area contributed by atoms with Gasteiger partial charge in [-0.2, -0.15) is 0 Å². The van der Waals surface area contributed by atoms with E-state index in [-0.39, 0.29) is 5.91 Å². The summed E-state index contributed by atoms with van der Waals surface area (Å²) >= 11 is 1.61. The fraction of sp³-hybridized carbons (Fsp3) is 0.208. The number of carbonyl (C=O) groups is 1. The van der Waals surface area contributed by atoms with Gasteiger partial charge in [-0.25, -0.2) is 4.98 Å². The number of benzene rings is 1. The second-order valence-corrected chi connectivity index (χ2v) is 8.64. The van der Waals surface area contributed by atoms with Crippen LogP contribution in [0.15, 0.2) is 48.9 Å². The molecule has 7 nitrogen and oxygen atoms in total. The number of fused-ring (bicyclic) bond motifs is 2. The molecule has 4 heterocycles. The first-order valence-electron chi connectivity index (χ1n) is 10.4. The van der Waals surface area contributed by atoms with Gasteiger partial charge < -0.3 is 19.2 Å². The van der Waals surface area contributed by atoms with Crippen LogP contribution >= 0.6 is 11.3 Å². The lowest BCUT2D eigenvalue weighted by molar-refractivity contribution is 0.0963. The number of hydrogen-bond donors (Lipinski definition) is 1. The minimum atomic E-state index is -0.0719. The summed E-state index contributed by atoms with van der Waals surface area (Å²) < 4.78 is 11.3. The van der Waals surface area contributed by atoms with E-state index in [0.717, 1.165) is 55.2 Å². The summed E-state index contributed by atoms with van der Waals surface area (Å²) in [7, 11) is 5.62. The van der Waals surface area contributed by atoms with E-state index in [1.807, 2.05) is 55.2 Å². The van der Waals surface area contributed by atoms with Gasteiger partial charge >= 0.3 is 0 Å². The Kier molecular flexibility index (Phi) is 4.94. The molecule has 0 unspecified atom stereocenters. The first kappa shape index (κ1) is 20.3. The van der Waals surface area contributed by atoms with Crippen LogP contribution in [0.2, 0.25) is 0 Å². The summed E-state index contributed by atoms with van der Waals surface area (Å²) in [6.07, 6.45) is 6.24. The van der Waals surface area contributed by atoms with Crippen molar-refractivity contribution >= 4 is 38.4 Å². The van der Waals surface area contributed by atoms with Gasteiger partial charge in [-0.1, -0.05) is 6.92 Å². The molecule has 0 spiro atoms. The molecule has 0 saturated carbocycles. The highest BCUT2D eigenvalue weighted by atomic mass is 32.1. The van der Waals surface area contributed by atoms with E-state index in [1.54, 1.807) is 30.8 Å². The summed E-state index contributed by atoms with van der Waals surface area (Å²) in [5.74, 6) is 2.29. The first-order chi connectivity index (χ1) is 15.5. The number of nitrogens with one attached hydrogen (secondary N) is 1. The summed E-state index contributed by atoms with van der Waals surface area (Å²) in [6, 6.07) is 9.77. The molecule has 4 aromatic heterocycles. The summed E-state index contributed by atoms with van der Waals surface area (Å²) in [5.41, 5.74) is 3.56. The Balaban J connectivity index is 1.57. The average molecular weight is 446 g/mol. The number of rotatable bonds is 5. The van der Waals surface area contributed by atoms with Crippen molar-refractivity contribution in [3.8, 4) is 22.2 Å². The van der Waals surface area contributed by atoms with Gasteiger partial charge in [0.05, 0.1) is 26.2 Å². The van der Waals surface area contributed by atoms with Gasteiger partial charge in [0.15, 0.2) is 0 Å². The highest BCUT2D eigenvalue weighted by molar-refractivity contribution is 7.22. The number of aryl methyl sites for hydroxylation is 2. The van der Waals surface area contributed by atoms with Crippen molar-refractivity contribution in [2.75, 3.05) is 7.05 Å². The molecule has 32 heavy (non-hydrogen) atoms. The quantitative estimate of drug-likeness (QED) is 0.417. The van der Waals surface area contributed by atoms with Gasteiger partial charge in [-0.3, -0.25) is 9.78 Å². The molecule has 0 aliphatic heterocycles. The zero-order valence-corrected chi connectivity index (χ0v) is 19.2. The lowest BCUT2D eigenvalue weighted by atomic mass is 10.1. The minimum absolute atomic E-state index is 0.0719. The predicted octanol–water partition coefficient (Wildman–Crippen LogP) is 4.90. The SMILES string of the molecule is CCc1c(C(=O)NC)c2ccc(Oc3ccnc4cc(-c5nccn5C)sc34)cc2n1C. The van der Waals surface area contributed by atoms with Crippen LogP contribution in [0.5, 0.6) is 11.5 Å². The maximum atomic E-state index is 12.5. The minimum Gasteiger partial charge on any atom is -0.456 e. The normalized spacial score (nSPS) is 11.4. The molecule has 0 aliphatic rings. The number of thiophene rings is 1. The second kappa shape index (κ2) is 7.80. The number of amides is 1. The number of hydrogen-bond acceptors (Lipinski definition) is 5. The van der Waals surface area contributed by atoms with E-state index in [4.69, 9.17) is 4.74 Å². The van der Waals surface area contributed by atoms with Crippen molar-refractivity contribution in [3.05, 3.63) is 60.2 Å². The Bertz CT molecular complexity index is 1480. The topological polar surface area (TPSA) is 74.0 Å². The molecule has 0 fully saturated rings. The molecule has 1 amide bonds. The lowest BCUT2D eigenvalue weighted by Crippen LogP contribution is -2.19. The highest BCUT2D eigenvalue weighted by Crippen LogP contribution is 2.39. The van der Waals surface area contributed by atoms with Crippen LogP contribution in [0.3, 0.4) is 0 Å². The van der Waals surface area contributed by atoms with E-state index in [9.17, 15) is 4.79 Å². The third-order valence-corrected chi connectivity index (χ3v) is 6.86. The van der Waals surface area contributed by atoms with Crippen LogP contribution in [0.25, 0.3) is 31.8 Å². The Morgan fingerprint density at radius 3 is 2.72 bits per heavy atom. The van der Waals surface area contributed by atoms with Gasteiger partial charge in [-0.15, -0.1) is 11.3 Å². The number of ether oxygens (including phenoxy) is 1. The Morgan fingerprint density at radius 2 is 2.00 bits per heavy atom. The van der Waals surface area contributed by atoms with Gasteiger partial charge in [0, 0.05) is 62.9 Å². The first-order valence-corrected chi connectivity index (χ1v) is 11.2. The number of nitrogens with zero attached hydrogens (tertiary/aromatic N) is 4. The van der Waals surface area contributed by atoms with Gasteiger partial charge in [0.2, 0.25) is 0 Å². The van der Waals surface area contributed by atoms with Crippen LogP contribution in [0.1, 0.15) is 23.0 Å².